The number of hydrogen-bond donors (Lipinski definition) is 2. The van der Waals surface area contributed by atoms with Gasteiger partial charge in [-0.05, 0) is 48.5 Å². The number of nitrogens with one attached hydrogen (secondary N) is 2. The standard InChI is InChI=1S/C20H15N3O4S/c1-26-14-5-2-4-12(10-14)18(24)21-13-7-8-15-17(11-13)28-20(22-15)23-19(25)16-6-3-9-27-16/h2-11H,1H3,(H,21,24)(H,22,23,25). The van der Waals surface area contributed by atoms with Crippen molar-refractivity contribution in [2.45, 2.75) is 0 Å². The van der Waals surface area contributed by atoms with E-state index in [4.69, 9.17) is 9.15 Å². The zero-order valence-corrected chi connectivity index (χ0v) is 15.6. The van der Waals surface area contributed by atoms with Crippen LogP contribution in [0.15, 0.2) is 65.3 Å². The summed E-state index contributed by atoms with van der Waals surface area (Å²) in [6.45, 7) is 0. The summed E-state index contributed by atoms with van der Waals surface area (Å²) in [6, 6.07) is 15.5. The Bertz CT molecular complexity index is 1150. The maximum Gasteiger partial charge on any atom is 0.293 e. The van der Waals surface area contributed by atoms with Crippen molar-refractivity contribution in [2.75, 3.05) is 17.7 Å². The molecule has 0 fully saturated rings. The van der Waals surface area contributed by atoms with E-state index in [1.807, 2.05) is 6.07 Å². The van der Waals surface area contributed by atoms with Crippen LogP contribution in [0, 0.1) is 0 Å². The molecule has 28 heavy (non-hydrogen) atoms. The van der Waals surface area contributed by atoms with Gasteiger partial charge in [-0.3, -0.25) is 14.9 Å². The van der Waals surface area contributed by atoms with Crippen LogP contribution >= 0.6 is 11.3 Å². The molecule has 2 amide bonds. The first-order valence-electron chi connectivity index (χ1n) is 8.33. The molecule has 0 radical (unpaired) electrons. The molecule has 2 N–H and O–H groups in total. The largest absolute Gasteiger partial charge is 0.497 e. The van der Waals surface area contributed by atoms with E-state index in [2.05, 4.69) is 15.6 Å². The second-order valence-electron chi connectivity index (χ2n) is 5.82. The van der Waals surface area contributed by atoms with Crippen LogP contribution in [-0.2, 0) is 0 Å². The van der Waals surface area contributed by atoms with E-state index in [1.165, 1.54) is 17.6 Å². The fourth-order valence-electron chi connectivity index (χ4n) is 2.59. The van der Waals surface area contributed by atoms with Gasteiger partial charge >= 0.3 is 0 Å². The maximum atomic E-state index is 12.5. The van der Waals surface area contributed by atoms with E-state index in [0.29, 0.717) is 22.1 Å². The Balaban J connectivity index is 1.51. The van der Waals surface area contributed by atoms with Crippen molar-refractivity contribution < 1.29 is 18.7 Å². The van der Waals surface area contributed by atoms with E-state index < -0.39 is 0 Å². The van der Waals surface area contributed by atoms with Gasteiger partial charge in [0.2, 0.25) is 0 Å². The van der Waals surface area contributed by atoms with Crippen molar-refractivity contribution in [3.63, 3.8) is 0 Å². The minimum Gasteiger partial charge on any atom is -0.497 e. The molecule has 4 aromatic rings. The Morgan fingerprint density at radius 1 is 1.04 bits per heavy atom. The van der Waals surface area contributed by atoms with E-state index in [0.717, 1.165) is 10.2 Å². The van der Waals surface area contributed by atoms with Crippen LogP contribution in [0.1, 0.15) is 20.9 Å². The molecular formula is C20H15N3O4S. The zero-order valence-electron chi connectivity index (χ0n) is 14.8. The molecule has 2 aromatic carbocycles. The van der Waals surface area contributed by atoms with Gasteiger partial charge in [0.1, 0.15) is 5.75 Å². The molecule has 0 saturated carbocycles. The summed E-state index contributed by atoms with van der Waals surface area (Å²) < 4.78 is 11.0. The third-order valence-electron chi connectivity index (χ3n) is 3.94. The second kappa shape index (κ2) is 7.53. The summed E-state index contributed by atoms with van der Waals surface area (Å²) in [5, 5.41) is 6.01. The van der Waals surface area contributed by atoms with Crippen molar-refractivity contribution in [2.24, 2.45) is 0 Å². The van der Waals surface area contributed by atoms with Gasteiger partial charge in [-0.1, -0.05) is 17.4 Å². The Kier molecular flexibility index (Phi) is 4.77. The fraction of sp³-hybridized carbons (Fsp3) is 0.0500. The van der Waals surface area contributed by atoms with Gasteiger partial charge < -0.3 is 14.5 Å². The predicted molar refractivity (Wildman–Crippen MR) is 107 cm³/mol. The number of thiazole rings is 1. The molecule has 0 saturated heterocycles. The van der Waals surface area contributed by atoms with Crippen LogP contribution in [0.25, 0.3) is 10.2 Å². The van der Waals surface area contributed by atoms with E-state index in [9.17, 15) is 9.59 Å². The monoisotopic (exact) mass is 393 g/mol. The number of furan rings is 1. The van der Waals surface area contributed by atoms with Crippen molar-refractivity contribution in [1.29, 1.82) is 0 Å². The molecule has 0 atom stereocenters. The zero-order chi connectivity index (χ0) is 19.5. The summed E-state index contributed by atoms with van der Waals surface area (Å²) in [5.41, 5.74) is 1.85. The van der Waals surface area contributed by atoms with E-state index in [1.54, 1.807) is 55.6 Å². The summed E-state index contributed by atoms with van der Waals surface area (Å²) >= 11 is 1.31. The first kappa shape index (κ1) is 17.7. The smallest absolute Gasteiger partial charge is 0.293 e. The lowest BCUT2D eigenvalue weighted by atomic mass is 10.2. The molecule has 7 nitrogen and oxygen atoms in total. The van der Waals surface area contributed by atoms with Crippen molar-refractivity contribution >= 4 is 44.2 Å². The molecule has 8 heteroatoms. The highest BCUT2D eigenvalue weighted by molar-refractivity contribution is 7.22. The summed E-state index contributed by atoms with van der Waals surface area (Å²) in [7, 11) is 1.55. The minimum absolute atomic E-state index is 0.213. The Morgan fingerprint density at radius 3 is 2.71 bits per heavy atom. The van der Waals surface area contributed by atoms with Crippen LogP contribution in [0.2, 0.25) is 0 Å². The molecular weight excluding hydrogens is 378 g/mol. The average Bonchev–Trinajstić information content (AvgIpc) is 3.37. The van der Waals surface area contributed by atoms with Crippen LogP contribution in [0.5, 0.6) is 5.75 Å². The number of fused-ring (bicyclic) bond motifs is 1. The molecule has 0 spiro atoms. The van der Waals surface area contributed by atoms with Gasteiger partial charge in [-0.25, -0.2) is 4.98 Å². The molecule has 0 unspecified atom stereocenters. The number of ether oxygens (including phenoxy) is 1. The van der Waals surface area contributed by atoms with Gasteiger partial charge in [-0.15, -0.1) is 0 Å². The predicted octanol–water partition coefficient (Wildman–Crippen LogP) is 4.40. The third kappa shape index (κ3) is 3.72. The number of carbonyl (C=O) groups excluding carboxylic acids is 2. The molecule has 2 heterocycles. The Hall–Kier alpha value is -3.65. The number of aromatic nitrogens is 1. The lowest BCUT2D eigenvalue weighted by Crippen LogP contribution is -2.11. The molecule has 4 rings (SSSR count). The van der Waals surface area contributed by atoms with Crippen LogP contribution in [-0.4, -0.2) is 23.9 Å². The number of anilines is 2. The number of carbonyl (C=O) groups is 2. The van der Waals surface area contributed by atoms with Crippen molar-refractivity contribution in [1.82, 2.24) is 4.98 Å². The van der Waals surface area contributed by atoms with Crippen LogP contribution < -0.4 is 15.4 Å². The van der Waals surface area contributed by atoms with Gasteiger partial charge in [0, 0.05) is 11.3 Å². The normalized spacial score (nSPS) is 10.6. The number of nitrogens with zero attached hydrogens (tertiary/aromatic N) is 1. The highest BCUT2D eigenvalue weighted by atomic mass is 32.1. The average molecular weight is 393 g/mol. The van der Waals surface area contributed by atoms with Gasteiger partial charge in [0.15, 0.2) is 10.9 Å². The molecule has 140 valence electrons. The van der Waals surface area contributed by atoms with E-state index in [-0.39, 0.29) is 17.6 Å². The number of benzene rings is 2. The van der Waals surface area contributed by atoms with Crippen molar-refractivity contribution in [3.8, 4) is 5.75 Å². The van der Waals surface area contributed by atoms with Crippen molar-refractivity contribution in [3.05, 3.63) is 72.2 Å². The molecule has 2 aromatic heterocycles. The molecule has 0 aliphatic carbocycles. The van der Waals surface area contributed by atoms with Gasteiger partial charge in [-0.2, -0.15) is 0 Å². The first-order valence-corrected chi connectivity index (χ1v) is 9.15. The highest BCUT2D eigenvalue weighted by Gasteiger charge is 2.13. The fourth-order valence-corrected chi connectivity index (χ4v) is 3.49. The summed E-state index contributed by atoms with van der Waals surface area (Å²) in [4.78, 5) is 28.9. The Labute approximate surface area is 164 Å². The Morgan fingerprint density at radius 2 is 1.93 bits per heavy atom. The number of amides is 2. The lowest BCUT2D eigenvalue weighted by molar-refractivity contribution is 0.0994. The van der Waals surface area contributed by atoms with Gasteiger partial charge in [0.25, 0.3) is 11.8 Å². The third-order valence-corrected chi connectivity index (χ3v) is 4.88. The SMILES string of the molecule is COc1cccc(C(=O)Nc2ccc3nc(NC(=O)c4ccco4)sc3c2)c1. The highest BCUT2D eigenvalue weighted by Crippen LogP contribution is 2.29. The minimum atomic E-state index is -0.365. The molecule has 0 aliphatic heterocycles. The quantitative estimate of drug-likeness (QED) is 0.524. The lowest BCUT2D eigenvalue weighted by Gasteiger charge is -2.06. The molecule has 0 bridgehead atoms. The maximum absolute atomic E-state index is 12.5. The molecule has 0 aliphatic rings. The van der Waals surface area contributed by atoms with Gasteiger partial charge in [0.05, 0.1) is 23.6 Å². The number of rotatable bonds is 5. The van der Waals surface area contributed by atoms with Crippen LogP contribution in [0.3, 0.4) is 0 Å². The van der Waals surface area contributed by atoms with Crippen LogP contribution in [0.4, 0.5) is 10.8 Å². The van der Waals surface area contributed by atoms with E-state index >= 15 is 0 Å². The summed E-state index contributed by atoms with van der Waals surface area (Å²) in [5.74, 6) is 0.220. The first-order chi connectivity index (χ1) is 13.6. The number of methoxy groups -OCH3 is 1. The summed E-state index contributed by atoms with van der Waals surface area (Å²) in [6.07, 6.45) is 1.44. The second-order valence-corrected chi connectivity index (χ2v) is 6.85. The topological polar surface area (TPSA) is 93.5 Å². The number of hydrogen-bond acceptors (Lipinski definition) is 6.